The number of nitrogens with zero attached hydrogens (tertiary/aromatic N) is 2. The summed E-state index contributed by atoms with van der Waals surface area (Å²) in [4.78, 5) is 29.8. The van der Waals surface area contributed by atoms with Crippen LogP contribution >= 0.6 is 11.8 Å². The van der Waals surface area contributed by atoms with Crippen LogP contribution in [-0.2, 0) is 9.59 Å². The van der Waals surface area contributed by atoms with Crippen LogP contribution in [0.3, 0.4) is 0 Å². The van der Waals surface area contributed by atoms with E-state index in [1.165, 1.54) is 11.1 Å². The van der Waals surface area contributed by atoms with E-state index in [9.17, 15) is 14.7 Å². The zero-order valence-electron chi connectivity index (χ0n) is 21.2. The largest absolute Gasteiger partial charge is 0.491 e. The molecule has 0 radical (unpaired) electrons. The molecule has 0 spiro atoms. The second-order valence-electron chi connectivity index (χ2n) is 9.64. The predicted octanol–water partition coefficient (Wildman–Crippen LogP) is 4.88. The molecule has 0 aromatic carbocycles. The number of hydrogen-bond donors (Lipinski definition) is 2. The van der Waals surface area contributed by atoms with Gasteiger partial charge in [-0.15, -0.1) is 11.8 Å². The number of carboxylic acid groups (broad SMARTS) is 1. The van der Waals surface area contributed by atoms with Gasteiger partial charge in [-0.3, -0.25) is 9.78 Å². The molecule has 1 aromatic rings. The van der Waals surface area contributed by atoms with Gasteiger partial charge in [-0.05, 0) is 70.6 Å². The van der Waals surface area contributed by atoms with Gasteiger partial charge >= 0.3 is 5.97 Å². The smallest absolute Gasteiger partial charge is 0.344 e. The molecule has 35 heavy (non-hydrogen) atoms. The highest BCUT2D eigenvalue weighted by atomic mass is 32.2. The lowest BCUT2D eigenvalue weighted by Gasteiger charge is -2.32. The number of hydrazine groups is 1. The SMILES string of the molecule is C=CC(=C(SCC#CC(C)(C)C)C(=O)O)N(NCCOc1cccnc1)C(=O)C1CCC(C)CC1. The summed E-state index contributed by atoms with van der Waals surface area (Å²) in [5.74, 6) is 6.20. The van der Waals surface area contributed by atoms with Crippen molar-refractivity contribution >= 4 is 23.6 Å². The highest BCUT2D eigenvalue weighted by Crippen LogP contribution is 2.31. The third-order valence-corrected chi connectivity index (χ3v) is 6.43. The first-order chi connectivity index (χ1) is 16.6. The van der Waals surface area contributed by atoms with Crippen LogP contribution in [0.5, 0.6) is 5.75 Å². The Morgan fingerprint density at radius 3 is 2.63 bits per heavy atom. The van der Waals surface area contributed by atoms with E-state index >= 15 is 0 Å². The lowest BCUT2D eigenvalue weighted by Crippen LogP contribution is -2.47. The van der Waals surface area contributed by atoms with E-state index in [4.69, 9.17) is 4.74 Å². The van der Waals surface area contributed by atoms with E-state index < -0.39 is 5.97 Å². The number of allylic oxidation sites excluding steroid dienone is 1. The number of carboxylic acids is 1. The van der Waals surface area contributed by atoms with Gasteiger partial charge in [0.15, 0.2) is 0 Å². The molecule has 2 rings (SSSR count). The van der Waals surface area contributed by atoms with Crippen LogP contribution in [0.1, 0.15) is 53.4 Å². The molecule has 190 valence electrons. The molecule has 2 N–H and O–H groups in total. The van der Waals surface area contributed by atoms with Gasteiger partial charge in [0, 0.05) is 24.1 Å². The van der Waals surface area contributed by atoms with Crippen molar-refractivity contribution in [3.8, 4) is 17.6 Å². The van der Waals surface area contributed by atoms with E-state index in [1.54, 1.807) is 24.5 Å². The maximum absolute atomic E-state index is 13.6. The topological polar surface area (TPSA) is 91.8 Å². The van der Waals surface area contributed by atoms with Gasteiger partial charge in [-0.25, -0.2) is 15.2 Å². The molecule has 1 saturated carbocycles. The van der Waals surface area contributed by atoms with Crippen molar-refractivity contribution in [3.63, 3.8) is 0 Å². The third-order valence-electron chi connectivity index (χ3n) is 5.47. The molecule has 0 atom stereocenters. The highest BCUT2D eigenvalue weighted by molar-refractivity contribution is 8.04. The van der Waals surface area contributed by atoms with Crippen molar-refractivity contribution in [2.24, 2.45) is 17.3 Å². The molecule has 0 saturated heterocycles. The summed E-state index contributed by atoms with van der Waals surface area (Å²) in [7, 11) is 0. The van der Waals surface area contributed by atoms with E-state index in [0.717, 1.165) is 37.4 Å². The molecule has 1 amide bonds. The molecule has 8 heteroatoms. The van der Waals surface area contributed by atoms with E-state index in [-0.39, 0.29) is 34.4 Å². The Balaban J connectivity index is 2.24. The number of thioether (sulfide) groups is 1. The first kappa shape index (κ1) is 28.5. The average Bonchev–Trinajstić information content (AvgIpc) is 2.82. The maximum atomic E-state index is 13.6. The summed E-state index contributed by atoms with van der Waals surface area (Å²) in [6, 6.07) is 3.58. The first-order valence-corrected chi connectivity index (χ1v) is 12.9. The van der Waals surface area contributed by atoms with E-state index in [0.29, 0.717) is 24.0 Å². The highest BCUT2D eigenvalue weighted by Gasteiger charge is 2.31. The van der Waals surface area contributed by atoms with Crippen LogP contribution < -0.4 is 10.2 Å². The Hall–Kier alpha value is -2.76. The summed E-state index contributed by atoms with van der Waals surface area (Å²) >= 11 is 1.09. The second-order valence-corrected chi connectivity index (χ2v) is 10.6. The number of aromatic nitrogens is 1. The Bertz CT molecular complexity index is 952. The van der Waals surface area contributed by atoms with Crippen molar-refractivity contribution in [3.05, 3.63) is 47.8 Å². The molecule has 1 heterocycles. The van der Waals surface area contributed by atoms with Crippen molar-refractivity contribution in [1.82, 2.24) is 15.4 Å². The number of aliphatic carboxylic acids is 1. The van der Waals surface area contributed by atoms with Gasteiger partial charge in [0.1, 0.15) is 17.3 Å². The molecule has 1 aliphatic rings. The number of carbonyl (C=O) groups excluding carboxylic acids is 1. The minimum atomic E-state index is -1.12. The summed E-state index contributed by atoms with van der Waals surface area (Å²) in [5.41, 5.74) is 3.15. The fraction of sp³-hybridized carbons (Fsp3) is 0.519. The van der Waals surface area contributed by atoms with Crippen LogP contribution in [-0.4, -0.2) is 45.9 Å². The third kappa shape index (κ3) is 9.79. The Morgan fingerprint density at radius 2 is 2.06 bits per heavy atom. The molecule has 0 unspecified atom stereocenters. The van der Waals surface area contributed by atoms with Crippen molar-refractivity contribution in [2.75, 3.05) is 18.9 Å². The minimum absolute atomic E-state index is 0.0291. The van der Waals surface area contributed by atoms with Gasteiger partial charge in [0.25, 0.3) is 0 Å². The Kier molecular flexibility index (Phi) is 11.4. The average molecular weight is 500 g/mol. The van der Waals surface area contributed by atoms with Gasteiger partial charge < -0.3 is 9.84 Å². The molecule has 1 aromatic heterocycles. The van der Waals surface area contributed by atoms with Gasteiger partial charge in [0.05, 0.1) is 17.6 Å². The molecule has 7 nitrogen and oxygen atoms in total. The zero-order chi connectivity index (χ0) is 25.8. The van der Waals surface area contributed by atoms with Crippen LogP contribution in [0.25, 0.3) is 0 Å². The fourth-order valence-corrected chi connectivity index (χ4v) is 4.41. The van der Waals surface area contributed by atoms with E-state index in [2.05, 4.69) is 35.8 Å². The van der Waals surface area contributed by atoms with Gasteiger partial charge in [0.2, 0.25) is 5.91 Å². The monoisotopic (exact) mass is 499 g/mol. The molecular weight excluding hydrogens is 462 g/mol. The van der Waals surface area contributed by atoms with Crippen LogP contribution in [0.4, 0.5) is 0 Å². The first-order valence-electron chi connectivity index (χ1n) is 12.0. The number of pyridine rings is 1. The van der Waals surface area contributed by atoms with Gasteiger partial charge in [-0.2, -0.15) is 0 Å². The van der Waals surface area contributed by atoms with Gasteiger partial charge in [-0.1, -0.05) is 25.3 Å². The number of nitrogens with one attached hydrogen (secondary N) is 1. The fourth-order valence-electron chi connectivity index (χ4n) is 3.67. The predicted molar refractivity (Wildman–Crippen MR) is 140 cm³/mol. The van der Waals surface area contributed by atoms with Crippen molar-refractivity contribution < 1.29 is 19.4 Å². The Morgan fingerprint density at radius 1 is 1.34 bits per heavy atom. The van der Waals surface area contributed by atoms with Crippen LogP contribution in [0.15, 0.2) is 47.8 Å². The second kappa shape index (κ2) is 14.0. The number of amides is 1. The summed E-state index contributed by atoms with van der Waals surface area (Å²) in [5, 5.41) is 11.3. The zero-order valence-corrected chi connectivity index (χ0v) is 22.0. The van der Waals surface area contributed by atoms with Crippen LogP contribution in [0, 0.1) is 29.1 Å². The normalized spacial score (nSPS) is 18.5. The Labute approximate surface area is 213 Å². The number of rotatable bonds is 11. The van der Waals surface area contributed by atoms with Crippen LogP contribution in [0.2, 0.25) is 0 Å². The molecule has 1 fully saturated rings. The van der Waals surface area contributed by atoms with Crippen molar-refractivity contribution in [2.45, 2.75) is 53.4 Å². The lowest BCUT2D eigenvalue weighted by atomic mass is 9.82. The van der Waals surface area contributed by atoms with Crippen molar-refractivity contribution in [1.29, 1.82) is 0 Å². The standard InChI is InChI=1S/C27H37N3O4S/c1-6-23(24(26(32)33)35-18-8-14-27(3,4)5)30(25(31)21-12-10-20(2)11-13-21)29-16-17-34-22-9-7-15-28-19-22/h6-7,9,15,19-21,29H,1,10-13,16-18H2,2-5H3,(H,32,33). The molecule has 0 bridgehead atoms. The lowest BCUT2D eigenvalue weighted by molar-refractivity contribution is -0.137. The summed E-state index contributed by atoms with van der Waals surface area (Å²) in [6.07, 6.45) is 8.21. The summed E-state index contributed by atoms with van der Waals surface area (Å²) < 4.78 is 5.68. The number of ether oxygens (including phenoxy) is 1. The maximum Gasteiger partial charge on any atom is 0.344 e. The summed E-state index contributed by atoms with van der Waals surface area (Å²) in [6.45, 7) is 12.6. The number of carbonyl (C=O) groups is 2. The van der Waals surface area contributed by atoms with E-state index in [1.807, 2.05) is 20.8 Å². The minimum Gasteiger partial charge on any atom is -0.491 e. The molecule has 1 aliphatic carbocycles. The number of hydrogen-bond acceptors (Lipinski definition) is 6. The molecular formula is C27H37N3O4S. The molecule has 0 aliphatic heterocycles. The quantitative estimate of drug-likeness (QED) is 0.147.